The van der Waals surface area contributed by atoms with Gasteiger partial charge in [-0.05, 0) is 54.5 Å². The van der Waals surface area contributed by atoms with Crippen LogP contribution in [0.5, 0.6) is 0 Å². The highest BCUT2D eigenvalue weighted by atomic mass is 15.0. The Morgan fingerprint density at radius 3 is 1.83 bits per heavy atom. The molecule has 4 aromatic carbocycles. The summed E-state index contributed by atoms with van der Waals surface area (Å²) < 4.78 is 4.47. The highest BCUT2D eigenvalue weighted by Crippen LogP contribution is 2.37. The minimum atomic E-state index is -0.129. The number of rotatable bonds is 2. The zero-order valence-electron chi connectivity index (χ0n) is 19.4. The van der Waals surface area contributed by atoms with Crippen LogP contribution in [-0.2, 0) is 6.42 Å². The summed E-state index contributed by atoms with van der Waals surface area (Å²) in [7, 11) is 0. The van der Waals surface area contributed by atoms with Crippen molar-refractivity contribution in [2.24, 2.45) is 5.92 Å². The van der Waals surface area contributed by atoms with Gasteiger partial charge < -0.3 is 9.13 Å². The Bertz CT molecular complexity index is 1900. The first kappa shape index (κ1) is 20.3. The Kier molecular flexibility index (Phi) is 4.37. The van der Waals surface area contributed by atoms with Crippen LogP contribution < -0.4 is 0 Å². The third-order valence-corrected chi connectivity index (χ3v) is 7.22. The number of fused-ring (bicyclic) bond motifs is 6. The average molecular weight is 461 g/mol. The summed E-state index contributed by atoms with van der Waals surface area (Å²) >= 11 is 0. The number of nitrogens with zero attached hydrogens (tertiary/aromatic N) is 4. The fourth-order valence-corrected chi connectivity index (χ4v) is 5.70. The number of allylic oxidation sites excluding steroid dienone is 1. The molecule has 1 aliphatic rings. The predicted molar refractivity (Wildman–Crippen MR) is 144 cm³/mol. The summed E-state index contributed by atoms with van der Waals surface area (Å²) in [6.07, 6.45) is 4.74. The molecule has 168 valence electrons. The van der Waals surface area contributed by atoms with E-state index in [1.165, 1.54) is 16.3 Å². The Morgan fingerprint density at radius 2 is 1.22 bits per heavy atom. The van der Waals surface area contributed by atoms with Crippen LogP contribution in [-0.4, -0.2) is 9.13 Å². The molecule has 0 bridgehead atoms. The zero-order valence-corrected chi connectivity index (χ0v) is 19.4. The normalized spacial score (nSPS) is 14.7. The van der Waals surface area contributed by atoms with Crippen LogP contribution in [0.3, 0.4) is 0 Å². The van der Waals surface area contributed by atoms with Crippen molar-refractivity contribution >= 4 is 38.8 Å². The minimum absolute atomic E-state index is 0.129. The molecule has 0 fully saturated rings. The van der Waals surface area contributed by atoms with E-state index in [4.69, 9.17) is 0 Å². The van der Waals surface area contributed by atoms with E-state index in [0.29, 0.717) is 12.0 Å². The lowest BCUT2D eigenvalue weighted by Gasteiger charge is -2.16. The van der Waals surface area contributed by atoms with Crippen molar-refractivity contribution in [2.45, 2.75) is 6.42 Å². The maximum atomic E-state index is 10.0. The van der Waals surface area contributed by atoms with Gasteiger partial charge in [0.2, 0.25) is 0 Å². The van der Waals surface area contributed by atoms with E-state index >= 15 is 0 Å². The van der Waals surface area contributed by atoms with E-state index in [-0.39, 0.29) is 5.92 Å². The molecule has 1 atom stereocenters. The van der Waals surface area contributed by atoms with Crippen molar-refractivity contribution in [2.75, 3.05) is 0 Å². The molecule has 4 nitrogen and oxygen atoms in total. The molecule has 6 aromatic rings. The molecule has 0 spiro atoms. The van der Waals surface area contributed by atoms with Crippen LogP contribution >= 0.6 is 0 Å². The number of hydrogen-bond donors (Lipinski definition) is 0. The van der Waals surface area contributed by atoms with Crippen molar-refractivity contribution in [1.29, 1.82) is 10.5 Å². The lowest BCUT2D eigenvalue weighted by Crippen LogP contribution is -2.07. The lowest BCUT2D eigenvalue weighted by atomic mass is 9.93. The van der Waals surface area contributed by atoms with Gasteiger partial charge in [0.25, 0.3) is 0 Å². The van der Waals surface area contributed by atoms with E-state index in [1.807, 2.05) is 30.3 Å². The molecule has 1 aliphatic carbocycles. The monoisotopic (exact) mass is 460 g/mol. The number of benzene rings is 4. The Hall–Kier alpha value is -5.06. The van der Waals surface area contributed by atoms with Gasteiger partial charge in [0, 0.05) is 33.2 Å². The summed E-state index contributed by atoms with van der Waals surface area (Å²) in [4.78, 5) is 0. The summed E-state index contributed by atoms with van der Waals surface area (Å²) in [6.45, 7) is 0. The molecule has 0 saturated heterocycles. The van der Waals surface area contributed by atoms with Crippen LogP contribution in [0.4, 0.5) is 0 Å². The van der Waals surface area contributed by atoms with Gasteiger partial charge in [-0.25, -0.2) is 0 Å². The fraction of sp³-hybridized carbons (Fsp3) is 0.0625. The highest BCUT2D eigenvalue weighted by Gasteiger charge is 2.23. The summed E-state index contributed by atoms with van der Waals surface area (Å²) in [5.74, 6) is -0.129. The van der Waals surface area contributed by atoms with Gasteiger partial charge in [0.1, 0.15) is 0 Å². The largest absolute Gasteiger partial charge is 0.309 e. The summed E-state index contributed by atoms with van der Waals surface area (Å²) in [5, 5.41) is 23.1. The first-order valence-electron chi connectivity index (χ1n) is 12.0. The molecular formula is C32H20N4. The molecule has 7 rings (SSSR count). The van der Waals surface area contributed by atoms with Gasteiger partial charge in [0.15, 0.2) is 0 Å². The number of aromatic nitrogens is 2. The molecule has 0 saturated carbocycles. The van der Waals surface area contributed by atoms with E-state index in [9.17, 15) is 10.5 Å². The van der Waals surface area contributed by atoms with Crippen molar-refractivity contribution in [1.82, 2.24) is 9.13 Å². The van der Waals surface area contributed by atoms with Crippen LogP contribution in [0.2, 0.25) is 0 Å². The van der Waals surface area contributed by atoms with Gasteiger partial charge in [-0.15, -0.1) is 0 Å². The number of hydrogen-bond acceptors (Lipinski definition) is 2. The smallest absolute Gasteiger partial charge is 0.0993 e. The highest BCUT2D eigenvalue weighted by molar-refractivity contribution is 6.09. The molecule has 0 N–H and O–H groups in total. The molecule has 0 aliphatic heterocycles. The molecular weight excluding hydrogens is 440 g/mol. The second kappa shape index (κ2) is 7.73. The van der Waals surface area contributed by atoms with Gasteiger partial charge in [-0.1, -0.05) is 60.7 Å². The maximum Gasteiger partial charge on any atom is 0.0993 e. The quantitative estimate of drug-likeness (QED) is 0.272. The molecule has 0 amide bonds. The van der Waals surface area contributed by atoms with Crippen LogP contribution in [0, 0.1) is 28.6 Å². The van der Waals surface area contributed by atoms with E-state index in [0.717, 1.165) is 39.0 Å². The summed E-state index contributed by atoms with van der Waals surface area (Å²) in [6, 6.07) is 36.0. The van der Waals surface area contributed by atoms with E-state index in [1.54, 1.807) is 0 Å². The van der Waals surface area contributed by atoms with Crippen LogP contribution in [0.1, 0.15) is 16.8 Å². The molecule has 0 radical (unpaired) electrons. The zero-order chi connectivity index (χ0) is 24.2. The summed E-state index contributed by atoms with van der Waals surface area (Å²) in [5.41, 5.74) is 8.03. The molecule has 2 aromatic heterocycles. The second-order valence-corrected chi connectivity index (χ2v) is 9.23. The first-order chi connectivity index (χ1) is 17.8. The Morgan fingerprint density at radius 1 is 0.667 bits per heavy atom. The molecule has 2 heterocycles. The van der Waals surface area contributed by atoms with Crippen molar-refractivity contribution < 1.29 is 0 Å². The van der Waals surface area contributed by atoms with E-state index in [2.05, 4.69) is 94.1 Å². The van der Waals surface area contributed by atoms with Gasteiger partial charge in [0.05, 0.1) is 40.2 Å². The average Bonchev–Trinajstić information content (AvgIpc) is 3.45. The molecule has 36 heavy (non-hydrogen) atoms. The second-order valence-electron chi connectivity index (χ2n) is 9.23. The third-order valence-electron chi connectivity index (χ3n) is 7.22. The Labute approximate surface area is 208 Å². The SMILES string of the molecule is N#Cc1cc(-n2c3c(c4ccccc42)CC(C#N)C=C3)cc(-n2c3ccccc3c3ccccc32)c1. The number of para-hydroxylation sites is 3. The van der Waals surface area contributed by atoms with Gasteiger partial charge in [-0.2, -0.15) is 10.5 Å². The van der Waals surface area contributed by atoms with Gasteiger partial charge in [-0.3, -0.25) is 0 Å². The first-order valence-corrected chi connectivity index (χ1v) is 12.0. The molecule has 4 heteroatoms. The minimum Gasteiger partial charge on any atom is -0.309 e. The lowest BCUT2D eigenvalue weighted by molar-refractivity contribution is 0.809. The molecule has 1 unspecified atom stereocenters. The van der Waals surface area contributed by atoms with Crippen LogP contribution in [0.15, 0.2) is 97.1 Å². The predicted octanol–water partition coefficient (Wildman–Crippen LogP) is 7.31. The van der Waals surface area contributed by atoms with Gasteiger partial charge >= 0.3 is 0 Å². The van der Waals surface area contributed by atoms with Crippen molar-refractivity contribution in [3.63, 3.8) is 0 Å². The number of nitriles is 2. The van der Waals surface area contributed by atoms with Crippen molar-refractivity contribution in [3.05, 3.63) is 114 Å². The topological polar surface area (TPSA) is 57.4 Å². The van der Waals surface area contributed by atoms with Crippen molar-refractivity contribution in [3.8, 4) is 23.5 Å². The maximum absolute atomic E-state index is 10.0. The fourth-order valence-electron chi connectivity index (χ4n) is 5.70. The Balaban J connectivity index is 1.55. The van der Waals surface area contributed by atoms with Crippen LogP contribution in [0.25, 0.3) is 50.2 Å². The van der Waals surface area contributed by atoms with E-state index < -0.39 is 0 Å². The standard InChI is InChI=1S/C32H20N4/c33-19-21-13-14-32-28(17-21)27-9-3-6-12-31(27)36(32)24-16-22(20-34)15-23(18-24)35-29-10-4-1-7-25(29)26-8-2-5-11-30(26)35/h1-16,18,21H,17H2. The third kappa shape index (κ3) is 2.86.